The number of nitrogens with one attached hydrogen (secondary N) is 1. The smallest absolute Gasteiger partial charge is 0.245 e. The van der Waals surface area contributed by atoms with Gasteiger partial charge in [-0.25, -0.2) is 0 Å². The van der Waals surface area contributed by atoms with Crippen LogP contribution in [0.3, 0.4) is 0 Å². The molecule has 102 valence electrons. The molecule has 1 heterocycles. The van der Waals surface area contributed by atoms with Crippen molar-refractivity contribution in [1.29, 1.82) is 0 Å². The second-order valence-electron chi connectivity index (χ2n) is 5.41. The highest BCUT2D eigenvalue weighted by molar-refractivity contribution is 9.10. The molecule has 0 spiro atoms. The molecule has 1 aliphatic carbocycles. The van der Waals surface area contributed by atoms with E-state index in [2.05, 4.69) is 33.2 Å². The van der Waals surface area contributed by atoms with Crippen molar-refractivity contribution in [3.63, 3.8) is 0 Å². The SMILES string of the molecule is CN(c1cc2c(cc1Br)C(N)C(=O)N2)C1CCCC1. The zero-order valence-corrected chi connectivity index (χ0v) is 12.5. The molecule has 0 radical (unpaired) electrons. The van der Waals surface area contributed by atoms with E-state index in [4.69, 9.17) is 5.73 Å². The summed E-state index contributed by atoms with van der Waals surface area (Å²) in [5, 5.41) is 2.85. The van der Waals surface area contributed by atoms with Gasteiger partial charge in [0, 0.05) is 28.8 Å². The Morgan fingerprint density at radius 2 is 2.05 bits per heavy atom. The highest BCUT2D eigenvalue weighted by Gasteiger charge is 2.29. The van der Waals surface area contributed by atoms with Gasteiger partial charge in [-0.05, 0) is 40.9 Å². The van der Waals surface area contributed by atoms with Crippen LogP contribution in [-0.4, -0.2) is 19.0 Å². The third-order valence-electron chi connectivity index (χ3n) is 4.25. The Labute approximate surface area is 121 Å². The lowest BCUT2D eigenvalue weighted by Gasteiger charge is -2.28. The third kappa shape index (κ3) is 2.15. The Bertz CT molecular complexity index is 526. The number of nitrogens with two attached hydrogens (primary N) is 1. The fraction of sp³-hybridized carbons (Fsp3) is 0.500. The Kier molecular flexibility index (Phi) is 3.27. The normalized spacial score (nSPS) is 22.5. The number of rotatable bonds is 2. The maximum Gasteiger partial charge on any atom is 0.245 e. The van der Waals surface area contributed by atoms with Crippen LogP contribution in [0.1, 0.15) is 37.3 Å². The minimum Gasteiger partial charge on any atom is -0.371 e. The minimum absolute atomic E-state index is 0.123. The van der Waals surface area contributed by atoms with Crippen LogP contribution in [0.25, 0.3) is 0 Å². The molecule has 0 saturated heterocycles. The first-order valence-electron chi connectivity index (χ1n) is 6.70. The molecular weight excluding hydrogens is 306 g/mol. The largest absolute Gasteiger partial charge is 0.371 e. The number of hydrogen-bond acceptors (Lipinski definition) is 3. The quantitative estimate of drug-likeness (QED) is 0.879. The van der Waals surface area contributed by atoms with Gasteiger partial charge >= 0.3 is 0 Å². The molecule has 19 heavy (non-hydrogen) atoms. The summed E-state index contributed by atoms with van der Waals surface area (Å²) < 4.78 is 1.01. The molecule has 3 N–H and O–H groups in total. The zero-order valence-electron chi connectivity index (χ0n) is 10.9. The van der Waals surface area contributed by atoms with Crippen molar-refractivity contribution in [2.45, 2.75) is 37.8 Å². The van der Waals surface area contributed by atoms with Gasteiger partial charge in [0.1, 0.15) is 6.04 Å². The third-order valence-corrected chi connectivity index (χ3v) is 4.88. The Morgan fingerprint density at radius 3 is 2.74 bits per heavy atom. The number of benzene rings is 1. The highest BCUT2D eigenvalue weighted by Crippen LogP contribution is 2.39. The van der Waals surface area contributed by atoms with Crippen molar-refractivity contribution in [3.8, 4) is 0 Å². The molecular formula is C14H18BrN3O. The summed E-state index contributed by atoms with van der Waals surface area (Å²) in [6, 6.07) is 4.05. The summed E-state index contributed by atoms with van der Waals surface area (Å²) in [6.45, 7) is 0. The lowest BCUT2D eigenvalue weighted by molar-refractivity contribution is -0.116. The summed E-state index contributed by atoms with van der Waals surface area (Å²) in [7, 11) is 2.12. The summed E-state index contributed by atoms with van der Waals surface area (Å²) in [5.41, 5.74) is 8.71. The van der Waals surface area contributed by atoms with Gasteiger partial charge in [0.2, 0.25) is 5.91 Å². The molecule has 3 rings (SSSR count). The summed E-state index contributed by atoms with van der Waals surface area (Å²) >= 11 is 3.61. The Morgan fingerprint density at radius 1 is 1.37 bits per heavy atom. The van der Waals surface area contributed by atoms with Crippen LogP contribution in [0.2, 0.25) is 0 Å². The summed E-state index contributed by atoms with van der Waals surface area (Å²) in [4.78, 5) is 13.9. The molecule has 1 unspecified atom stereocenters. The van der Waals surface area contributed by atoms with Gasteiger partial charge in [0.15, 0.2) is 0 Å². The van der Waals surface area contributed by atoms with Crippen molar-refractivity contribution >= 4 is 33.2 Å². The number of halogens is 1. The minimum atomic E-state index is -0.544. The van der Waals surface area contributed by atoms with Crippen molar-refractivity contribution in [3.05, 3.63) is 22.2 Å². The predicted molar refractivity (Wildman–Crippen MR) is 80.4 cm³/mol. The van der Waals surface area contributed by atoms with E-state index in [1.807, 2.05) is 12.1 Å². The maximum atomic E-state index is 11.6. The average molecular weight is 324 g/mol. The van der Waals surface area contributed by atoms with Crippen LogP contribution in [0, 0.1) is 0 Å². The Hall–Kier alpha value is -1.07. The van der Waals surface area contributed by atoms with E-state index in [0.717, 1.165) is 21.4 Å². The van der Waals surface area contributed by atoms with Crippen LogP contribution >= 0.6 is 15.9 Å². The van der Waals surface area contributed by atoms with Gasteiger partial charge in [-0.15, -0.1) is 0 Å². The first kappa shape index (κ1) is 12.9. The van der Waals surface area contributed by atoms with Crippen LogP contribution < -0.4 is 16.0 Å². The van der Waals surface area contributed by atoms with Gasteiger partial charge in [0.25, 0.3) is 0 Å². The first-order chi connectivity index (χ1) is 9.08. The number of fused-ring (bicyclic) bond motifs is 1. The van der Waals surface area contributed by atoms with Crippen molar-refractivity contribution in [1.82, 2.24) is 0 Å². The molecule has 1 aromatic carbocycles. The van der Waals surface area contributed by atoms with Crippen LogP contribution in [0.5, 0.6) is 0 Å². The second-order valence-corrected chi connectivity index (χ2v) is 6.26. The van der Waals surface area contributed by atoms with Gasteiger partial charge in [0.05, 0.1) is 5.69 Å². The van der Waals surface area contributed by atoms with Gasteiger partial charge in [-0.2, -0.15) is 0 Å². The van der Waals surface area contributed by atoms with E-state index >= 15 is 0 Å². The van der Waals surface area contributed by atoms with Crippen LogP contribution in [-0.2, 0) is 4.79 Å². The number of nitrogens with zero attached hydrogens (tertiary/aromatic N) is 1. The number of carbonyl (C=O) groups is 1. The van der Waals surface area contributed by atoms with Crippen molar-refractivity contribution in [2.75, 3.05) is 17.3 Å². The average Bonchev–Trinajstić information content (AvgIpc) is 3.00. The molecule has 1 saturated carbocycles. The molecule has 0 aromatic heterocycles. The number of carbonyl (C=O) groups excluding carboxylic acids is 1. The monoisotopic (exact) mass is 323 g/mol. The van der Waals surface area contributed by atoms with E-state index in [0.29, 0.717) is 6.04 Å². The van der Waals surface area contributed by atoms with E-state index in [1.165, 1.54) is 25.7 Å². The summed E-state index contributed by atoms with van der Waals surface area (Å²) in [5.74, 6) is -0.123. The molecule has 1 aromatic rings. The molecule has 1 atom stereocenters. The fourth-order valence-corrected chi connectivity index (χ4v) is 3.69. The number of amides is 1. The molecule has 1 aliphatic heterocycles. The van der Waals surface area contributed by atoms with E-state index in [-0.39, 0.29) is 5.91 Å². The predicted octanol–water partition coefficient (Wildman–Crippen LogP) is 2.78. The number of hydrogen-bond donors (Lipinski definition) is 2. The molecule has 2 aliphatic rings. The number of anilines is 2. The topological polar surface area (TPSA) is 58.4 Å². The van der Waals surface area contributed by atoms with E-state index in [9.17, 15) is 4.79 Å². The van der Waals surface area contributed by atoms with Crippen molar-refractivity contribution in [2.24, 2.45) is 5.73 Å². The van der Waals surface area contributed by atoms with Crippen LogP contribution in [0.4, 0.5) is 11.4 Å². The van der Waals surface area contributed by atoms with Gasteiger partial charge in [-0.1, -0.05) is 12.8 Å². The molecule has 1 fully saturated rings. The molecule has 5 heteroatoms. The molecule has 1 amide bonds. The van der Waals surface area contributed by atoms with Crippen LogP contribution in [0.15, 0.2) is 16.6 Å². The highest BCUT2D eigenvalue weighted by atomic mass is 79.9. The fourth-order valence-electron chi connectivity index (χ4n) is 3.05. The van der Waals surface area contributed by atoms with E-state index in [1.54, 1.807) is 0 Å². The summed E-state index contributed by atoms with van der Waals surface area (Å²) in [6.07, 6.45) is 5.09. The Balaban J connectivity index is 1.95. The lowest BCUT2D eigenvalue weighted by atomic mass is 10.1. The molecule has 0 bridgehead atoms. The zero-order chi connectivity index (χ0) is 13.6. The standard InChI is InChI=1S/C14H18BrN3O/c1-18(8-4-2-3-5-8)12-7-11-9(6-10(12)15)13(16)14(19)17-11/h6-8,13H,2-5,16H2,1H3,(H,17,19). The first-order valence-corrected chi connectivity index (χ1v) is 7.50. The second kappa shape index (κ2) is 4.80. The molecule has 4 nitrogen and oxygen atoms in total. The van der Waals surface area contributed by atoms with Gasteiger partial charge < -0.3 is 16.0 Å². The lowest BCUT2D eigenvalue weighted by Crippen LogP contribution is -2.29. The van der Waals surface area contributed by atoms with Crippen molar-refractivity contribution < 1.29 is 4.79 Å². The maximum absolute atomic E-state index is 11.6. The van der Waals surface area contributed by atoms with Gasteiger partial charge in [-0.3, -0.25) is 4.79 Å². The van der Waals surface area contributed by atoms with E-state index < -0.39 is 6.04 Å².